The summed E-state index contributed by atoms with van der Waals surface area (Å²) in [7, 11) is 0. The van der Waals surface area contributed by atoms with Crippen LogP contribution in [0, 0.1) is 24.7 Å². The molecule has 3 rings (SSSR count). The van der Waals surface area contributed by atoms with Gasteiger partial charge in [0.15, 0.2) is 5.84 Å². The van der Waals surface area contributed by atoms with Gasteiger partial charge in [-0.1, -0.05) is 23.7 Å². The van der Waals surface area contributed by atoms with Crippen molar-refractivity contribution in [3.63, 3.8) is 0 Å². The third-order valence-electron chi connectivity index (χ3n) is 4.60. The quantitative estimate of drug-likeness (QED) is 0.341. The Morgan fingerprint density at radius 3 is 2.75 bits per heavy atom. The summed E-state index contributed by atoms with van der Waals surface area (Å²) in [6.45, 7) is 1.87. The van der Waals surface area contributed by atoms with Gasteiger partial charge >= 0.3 is 0 Å². The number of nitrogens with two attached hydrogens (primary N) is 1. The number of amidine groups is 1. The third kappa shape index (κ3) is 2.03. The average Bonchev–Trinajstić information content (AvgIpc) is 2.92. The molecule has 1 aromatic carbocycles. The van der Waals surface area contributed by atoms with Gasteiger partial charge in [0.05, 0.1) is 5.69 Å². The summed E-state index contributed by atoms with van der Waals surface area (Å²) in [5.74, 6) is 1.40. The van der Waals surface area contributed by atoms with Gasteiger partial charge in [0.25, 0.3) is 0 Å². The van der Waals surface area contributed by atoms with Crippen molar-refractivity contribution in [2.75, 3.05) is 5.32 Å². The normalized spacial score (nSPS) is 28.1. The summed E-state index contributed by atoms with van der Waals surface area (Å²) in [6.07, 6.45) is 3.59. The molecule has 20 heavy (non-hydrogen) atoms. The Balaban J connectivity index is 1.81. The van der Waals surface area contributed by atoms with Crippen molar-refractivity contribution in [2.24, 2.45) is 28.6 Å². The highest BCUT2D eigenvalue weighted by atomic mass is 16.4. The third-order valence-corrected chi connectivity index (χ3v) is 4.60. The number of carbonyl (C=O) groups excluding carboxylic acids is 1. The second-order valence-electron chi connectivity index (χ2n) is 5.76. The molecular weight excluding hydrogens is 254 g/mol. The summed E-state index contributed by atoms with van der Waals surface area (Å²) in [5, 5.41) is 14.9. The Morgan fingerprint density at radius 2 is 2.10 bits per heavy atom. The molecule has 1 amide bonds. The molecule has 5 heteroatoms. The number of nitrogens with one attached hydrogen (secondary N) is 1. The summed E-state index contributed by atoms with van der Waals surface area (Å²) < 4.78 is 0. The molecular formula is C15H19N3O2. The lowest BCUT2D eigenvalue weighted by Crippen LogP contribution is -2.22. The first-order valence-corrected chi connectivity index (χ1v) is 7.02. The molecule has 4 N–H and O–H groups in total. The van der Waals surface area contributed by atoms with Crippen LogP contribution in [-0.4, -0.2) is 17.0 Å². The molecule has 2 atom stereocenters. The van der Waals surface area contributed by atoms with Gasteiger partial charge in [-0.15, -0.1) is 0 Å². The Morgan fingerprint density at radius 1 is 1.40 bits per heavy atom. The number of carbonyl (C=O) groups is 1. The number of hydrogen-bond donors (Lipinski definition) is 3. The largest absolute Gasteiger partial charge is 0.409 e. The maximum Gasteiger partial charge on any atom is 0.228 e. The van der Waals surface area contributed by atoms with E-state index in [1.807, 2.05) is 19.1 Å². The van der Waals surface area contributed by atoms with Gasteiger partial charge in [-0.2, -0.15) is 0 Å². The van der Waals surface area contributed by atoms with Gasteiger partial charge in [0, 0.05) is 11.5 Å². The zero-order valence-electron chi connectivity index (χ0n) is 11.5. The molecule has 0 spiro atoms. The number of nitrogens with zero attached hydrogens (tertiary/aromatic N) is 1. The Kier molecular flexibility index (Phi) is 3.12. The molecule has 0 radical (unpaired) electrons. The molecule has 2 unspecified atom stereocenters. The monoisotopic (exact) mass is 273 g/mol. The number of anilines is 1. The van der Waals surface area contributed by atoms with E-state index in [1.165, 1.54) is 19.3 Å². The van der Waals surface area contributed by atoms with Gasteiger partial charge in [-0.05, 0) is 43.2 Å². The number of oxime groups is 1. The van der Waals surface area contributed by atoms with Crippen LogP contribution < -0.4 is 11.1 Å². The maximum atomic E-state index is 12.3. The van der Waals surface area contributed by atoms with E-state index in [1.54, 1.807) is 6.07 Å². The minimum Gasteiger partial charge on any atom is -0.409 e. The van der Waals surface area contributed by atoms with E-state index in [0.29, 0.717) is 23.1 Å². The van der Waals surface area contributed by atoms with E-state index in [9.17, 15) is 4.79 Å². The number of hydrogen-bond acceptors (Lipinski definition) is 3. The van der Waals surface area contributed by atoms with Crippen LogP contribution in [0.4, 0.5) is 5.69 Å². The van der Waals surface area contributed by atoms with Crippen molar-refractivity contribution in [1.82, 2.24) is 0 Å². The van der Waals surface area contributed by atoms with E-state index in [4.69, 9.17) is 10.9 Å². The van der Waals surface area contributed by atoms with E-state index < -0.39 is 0 Å². The second-order valence-corrected chi connectivity index (χ2v) is 5.76. The summed E-state index contributed by atoms with van der Waals surface area (Å²) in [5.41, 5.74) is 7.79. The van der Waals surface area contributed by atoms with Gasteiger partial charge < -0.3 is 16.3 Å². The van der Waals surface area contributed by atoms with Crippen LogP contribution in [-0.2, 0) is 4.79 Å². The fourth-order valence-electron chi connectivity index (χ4n) is 3.59. The van der Waals surface area contributed by atoms with E-state index in [-0.39, 0.29) is 17.7 Å². The highest BCUT2D eigenvalue weighted by Crippen LogP contribution is 2.57. The van der Waals surface area contributed by atoms with Crippen molar-refractivity contribution >= 4 is 17.4 Å². The van der Waals surface area contributed by atoms with Crippen LogP contribution in [0.1, 0.15) is 30.4 Å². The molecule has 0 saturated heterocycles. The van der Waals surface area contributed by atoms with Crippen LogP contribution in [0.25, 0.3) is 0 Å². The topological polar surface area (TPSA) is 87.7 Å². The summed E-state index contributed by atoms with van der Waals surface area (Å²) in [4.78, 5) is 12.3. The smallest absolute Gasteiger partial charge is 0.228 e. The molecule has 0 heterocycles. The maximum absolute atomic E-state index is 12.3. The lowest BCUT2D eigenvalue weighted by molar-refractivity contribution is -0.118. The van der Waals surface area contributed by atoms with E-state index in [0.717, 1.165) is 5.56 Å². The number of fused-ring (bicyclic) bond motifs is 1. The Bertz CT molecular complexity index is 572. The molecule has 0 aromatic heterocycles. The highest BCUT2D eigenvalue weighted by Gasteiger charge is 2.56. The molecule has 0 bridgehead atoms. The Hall–Kier alpha value is -2.04. The predicted octanol–water partition coefficient (Wildman–Crippen LogP) is 2.07. The summed E-state index contributed by atoms with van der Waals surface area (Å²) in [6, 6.07) is 5.51. The van der Waals surface area contributed by atoms with Crippen molar-refractivity contribution < 1.29 is 10.0 Å². The van der Waals surface area contributed by atoms with Crippen LogP contribution in [0.2, 0.25) is 0 Å². The zero-order chi connectivity index (χ0) is 14.3. The SMILES string of the molecule is Cc1cccc(NC(=O)C2C3CCCC32)c1/C(N)=N/O. The van der Waals surface area contributed by atoms with Crippen molar-refractivity contribution in [2.45, 2.75) is 26.2 Å². The molecule has 1 aromatic rings. The van der Waals surface area contributed by atoms with Gasteiger partial charge in [0.1, 0.15) is 0 Å². The number of amides is 1. The van der Waals surface area contributed by atoms with E-state index >= 15 is 0 Å². The highest BCUT2D eigenvalue weighted by molar-refractivity contribution is 6.07. The minimum absolute atomic E-state index is 0.0226. The van der Waals surface area contributed by atoms with Crippen molar-refractivity contribution in [3.05, 3.63) is 29.3 Å². The first kappa shape index (κ1) is 13.0. The second kappa shape index (κ2) is 4.81. The lowest BCUT2D eigenvalue weighted by Gasteiger charge is -2.13. The number of rotatable bonds is 3. The fraction of sp³-hybridized carbons (Fsp3) is 0.467. The lowest BCUT2D eigenvalue weighted by atomic mass is 10.0. The number of aryl methyl sites for hydroxylation is 1. The van der Waals surface area contributed by atoms with Crippen molar-refractivity contribution in [3.8, 4) is 0 Å². The molecule has 2 aliphatic carbocycles. The molecule has 2 aliphatic rings. The van der Waals surface area contributed by atoms with Crippen LogP contribution in [0.5, 0.6) is 0 Å². The first-order chi connectivity index (χ1) is 9.63. The van der Waals surface area contributed by atoms with Crippen molar-refractivity contribution in [1.29, 1.82) is 0 Å². The molecule has 2 fully saturated rings. The predicted molar refractivity (Wildman–Crippen MR) is 76.6 cm³/mol. The standard InChI is InChI=1S/C15H19N3O2/c1-8-4-2-7-11(12(8)14(16)18-20)17-15(19)13-9-5-3-6-10(9)13/h2,4,7,9-10,13,20H,3,5-6H2,1H3,(H2,16,18)(H,17,19). The molecule has 2 saturated carbocycles. The van der Waals surface area contributed by atoms with E-state index in [2.05, 4.69) is 10.5 Å². The van der Waals surface area contributed by atoms with Crippen LogP contribution >= 0.6 is 0 Å². The molecule has 106 valence electrons. The zero-order valence-corrected chi connectivity index (χ0v) is 11.5. The van der Waals surface area contributed by atoms with Gasteiger partial charge in [-0.3, -0.25) is 4.79 Å². The van der Waals surface area contributed by atoms with Gasteiger partial charge in [-0.25, -0.2) is 0 Å². The Labute approximate surface area is 117 Å². The molecule has 0 aliphatic heterocycles. The first-order valence-electron chi connectivity index (χ1n) is 7.02. The number of benzene rings is 1. The van der Waals surface area contributed by atoms with Gasteiger partial charge in [0.2, 0.25) is 5.91 Å². The van der Waals surface area contributed by atoms with Crippen LogP contribution in [0.3, 0.4) is 0 Å². The fourth-order valence-corrected chi connectivity index (χ4v) is 3.59. The summed E-state index contributed by atoms with van der Waals surface area (Å²) >= 11 is 0. The molecule has 5 nitrogen and oxygen atoms in total. The van der Waals surface area contributed by atoms with Crippen LogP contribution in [0.15, 0.2) is 23.4 Å². The minimum atomic E-state index is 0.0226. The average molecular weight is 273 g/mol.